The molecule has 1 aromatic carbocycles. The maximum absolute atomic E-state index is 11.7. The van der Waals surface area contributed by atoms with E-state index in [9.17, 15) is 4.79 Å². The van der Waals surface area contributed by atoms with Crippen LogP contribution < -0.4 is 10.5 Å². The summed E-state index contributed by atoms with van der Waals surface area (Å²) < 4.78 is 10.7. The highest BCUT2D eigenvalue weighted by Gasteiger charge is 2.44. The lowest BCUT2D eigenvalue weighted by Gasteiger charge is -2.22. The van der Waals surface area contributed by atoms with Crippen LogP contribution in [0.3, 0.4) is 0 Å². The Kier molecular flexibility index (Phi) is 4.28. The molecule has 0 amide bonds. The van der Waals surface area contributed by atoms with Gasteiger partial charge in [-0.15, -0.1) is 0 Å². The van der Waals surface area contributed by atoms with E-state index in [0.717, 1.165) is 12.2 Å². The van der Waals surface area contributed by atoms with Gasteiger partial charge in [-0.25, -0.2) is 0 Å². The molecule has 2 N–H and O–H groups in total. The zero-order valence-corrected chi connectivity index (χ0v) is 13.3. The first-order valence-corrected chi connectivity index (χ1v) is 7.39. The molecule has 0 bridgehead atoms. The number of hydrogen-bond donors (Lipinski definition) is 1. The van der Waals surface area contributed by atoms with Gasteiger partial charge in [-0.05, 0) is 36.0 Å². The first kappa shape index (κ1) is 15.8. The second-order valence-corrected chi connectivity index (χ2v) is 6.90. The summed E-state index contributed by atoms with van der Waals surface area (Å²) in [5.74, 6) is 0.471. The van der Waals surface area contributed by atoms with E-state index in [4.69, 9.17) is 15.2 Å². The van der Waals surface area contributed by atoms with Crippen molar-refractivity contribution < 1.29 is 14.3 Å². The minimum absolute atomic E-state index is 0.0328. The Labute approximate surface area is 126 Å². The maximum atomic E-state index is 11.7. The smallest absolute Gasteiger partial charge is 0.325 e. The highest BCUT2D eigenvalue weighted by Crippen LogP contribution is 2.32. The van der Waals surface area contributed by atoms with Gasteiger partial charge in [0.15, 0.2) is 0 Å². The van der Waals surface area contributed by atoms with Gasteiger partial charge in [0.1, 0.15) is 17.4 Å². The van der Waals surface area contributed by atoms with Crippen LogP contribution in [0.25, 0.3) is 0 Å². The van der Waals surface area contributed by atoms with E-state index >= 15 is 0 Å². The molecule has 0 heterocycles. The Balaban J connectivity index is 1.99. The van der Waals surface area contributed by atoms with Gasteiger partial charge in [0.05, 0.1) is 7.11 Å². The molecule has 1 saturated carbocycles. The van der Waals surface area contributed by atoms with E-state index in [1.807, 2.05) is 12.1 Å². The van der Waals surface area contributed by atoms with Crippen molar-refractivity contribution in [2.24, 2.45) is 5.73 Å². The molecule has 0 aliphatic heterocycles. The van der Waals surface area contributed by atoms with Crippen LogP contribution in [0.4, 0.5) is 0 Å². The van der Waals surface area contributed by atoms with Gasteiger partial charge in [-0.1, -0.05) is 32.9 Å². The largest absolute Gasteiger partial charge is 0.490 e. The monoisotopic (exact) mass is 291 g/mol. The van der Waals surface area contributed by atoms with Gasteiger partial charge in [0, 0.05) is 6.42 Å². The van der Waals surface area contributed by atoms with E-state index < -0.39 is 5.54 Å². The summed E-state index contributed by atoms with van der Waals surface area (Å²) in [4.78, 5) is 11.7. The second-order valence-electron chi connectivity index (χ2n) is 6.90. The number of carbonyl (C=O) groups excluding carboxylic acids is 1. The zero-order valence-electron chi connectivity index (χ0n) is 13.3. The van der Waals surface area contributed by atoms with Gasteiger partial charge in [-0.3, -0.25) is 4.79 Å². The molecule has 2 atom stereocenters. The van der Waals surface area contributed by atoms with Gasteiger partial charge in [0.25, 0.3) is 0 Å². The van der Waals surface area contributed by atoms with E-state index in [2.05, 4.69) is 32.9 Å². The Morgan fingerprint density at radius 2 is 1.90 bits per heavy atom. The lowest BCUT2D eigenvalue weighted by atomic mass is 9.87. The summed E-state index contributed by atoms with van der Waals surface area (Å²) in [6, 6.07) is 8.13. The Hall–Kier alpha value is -1.55. The Morgan fingerprint density at radius 1 is 1.29 bits per heavy atom. The minimum atomic E-state index is -0.898. The van der Waals surface area contributed by atoms with Crippen molar-refractivity contribution in [2.45, 2.75) is 57.1 Å². The first-order chi connectivity index (χ1) is 9.74. The highest BCUT2D eigenvalue weighted by molar-refractivity contribution is 5.80. The lowest BCUT2D eigenvalue weighted by molar-refractivity contribution is -0.147. The third kappa shape index (κ3) is 3.56. The van der Waals surface area contributed by atoms with Gasteiger partial charge in [0.2, 0.25) is 0 Å². The van der Waals surface area contributed by atoms with Crippen molar-refractivity contribution in [3.05, 3.63) is 29.8 Å². The van der Waals surface area contributed by atoms with Crippen molar-refractivity contribution in [3.63, 3.8) is 0 Å². The molecule has 1 fully saturated rings. The molecule has 4 heteroatoms. The van der Waals surface area contributed by atoms with Crippen LogP contribution in [0.1, 0.15) is 45.6 Å². The maximum Gasteiger partial charge on any atom is 0.325 e. The van der Waals surface area contributed by atoms with Crippen LogP contribution in [0.2, 0.25) is 0 Å². The molecule has 4 nitrogen and oxygen atoms in total. The second kappa shape index (κ2) is 5.68. The number of esters is 1. The standard InChI is InChI=1S/C17H25NO3/c1-16(2,3)12-5-7-13(8-6-12)21-14-9-10-17(18,11-14)15(19)20-4/h5-8,14H,9-11,18H2,1-4H3. The number of hydrogen-bond acceptors (Lipinski definition) is 4. The van der Waals surface area contributed by atoms with Crippen LogP contribution >= 0.6 is 0 Å². The predicted molar refractivity (Wildman–Crippen MR) is 82.3 cm³/mol. The molecular formula is C17H25NO3. The van der Waals surface area contributed by atoms with Crippen LogP contribution in [-0.2, 0) is 14.9 Å². The number of nitrogens with two attached hydrogens (primary N) is 1. The minimum Gasteiger partial charge on any atom is -0.490 e. The number of ether oxygens (including phenoxy) is 2. The van der Waals surface area contributed by atoms with Gasteiger partial charge < -0.3 is 15.2 Å². The summed E-state index contributed by atoms with van der Waals surface area (Å²) in [5.41, 5.74) is 6.58. The summed E-state index contributed by atoms with van der Waals surface area (Å²) in [6.07, 6.45) is 1.84. The first-order valence-electron chi connectivity index (χ1n) is 7.39. The third-order valence-electron chi connectivity index (χ3n) is 4.12. The van der Waals surface area contributed by atoms with E-state index in [0.29, 0.717) is 12.8 Å². The summed E-state index contributed by atoms with van der Waals surface area (Å²) in [5, 5.41) is 0. The lowest BCUT2D eigenvalue weighted by Crippen LogP contribution is -2.47. The summed E-state index contributed by atoms with van der Waals surface area (Å²) in [6.45, 7) is 6.54. The molecule has 0 aromatic heterocycles. The molecule has 2 unspecified atom stereocenters. The molecule has 1 aliphatic rings. The SMILES string of the molecule is COC(=O)C1(N)CCC(Oc2ccc(C(C)(C)C)cc2)C1. The van der Waals surface area contributed by atoms with Crippen LogP contribution in [0, 0.1) is 0 Å². The number of carbonyl (C=O) groups is 1. The van der Waals surface area contributed by atoms with Crippen molar-refractivity contribution in [1.82, 2.24) is 0 Å². The molecular weight excluding hydrogens is 266 g/mol. The van der Waals surface area contributed by atoms with E-state index in [1.165, 1.54) is 12.7 Å². The molecule has 21 heavy (non-hydrogen) atoms. The molecule has 0 radical (unpaired) electrons. The molecule has 1 aliphatic carbocycles. The normalized spacial score (nSPS) is 25.7. The number of rotatable bonds is 3. The van der Waals surface area contributed by atoms with Crippen molar-refractivity contribution >= 4 is 5.97 Å². The highest BCUT2D eigenvalue weighted by atomic mass is 16.5. The van der Waals surface area contributed by atoms with Crippen LogP contribution in [0.15, 0.2) is 24.3 Å². The van der Waals surface area contributed by atoms with Crippen molar-refractivity contribution in [2.75, 3.05) is 7.11 Å². The number of methoxy groups -OCH3 is 1. The van der Waals surface area contributed by atoms with Crippen molar-refractivity contribution in [1.29, 1.82) is 0 Å². The van der Waals surface area contributed by atoms with Gasteiger partial charge >= 0.3 is 5.97 Å². The molecule has 1 aromatic rings. The van der Waals surface area contributed by atoms with Crippen LogP contribution in [-0.4, -0.2) is 24.7 Å². The molecule has 2 rings (SSSR count). The Morgan fingerprint density at radius 3 is 2.43 bits per heavy atom. The number of benzene rings is 1. The summed E-state index contributed by atoms with van der Waals surface area (Å²) >= 11 is 0. The fraction of sp³-hybridized carbons (Fsp3) is 0.588. The molecule has 0 spiro atoms. The fourth-order valence-corrected chi connectivity index (χ4v) is 2.74. The van der Waals surface area contributed by atoms with Crippen molar-refractivity contribution in [3.8, 4) is 5.75 Å². The third-order valence-corrected chi connectivity index (χ3v) is 4.12. The van der Waals surface area contributed by atoms with E-state index in [1.54, 1.807) is 0 Å². The molecule has 116 valence electrons. The fourth-order valence-electron chi connectivity index (χ4n) is 2.74. The topological polar surface area (TPSA) is 61.5 Å². The molecule has 0 saturated heterocycles. The predicted octanol–water partition coefficient (Wildman–Crippen LogP) is 2.79. The van der Waals surface area contributed by atoms with E-state index in [-0.39, 0.29) is 17.5 Å². The summed E-state index contributed by atoms with van der Waals surface area (Å²) in [7, 11) is 1.37. The average molecular weight is 291 g/mol. The Bertz CT molecular complexity index is 504. The average Bonchev–Trinajstić information content (AvgIpc) is 2.80. The van der Waals surface area contributed by atoms with Gasteiger partial charge in [-0.2, -0.15) is 0 Å². The quantitative estimate of drug-likeness (QED) is 0.870. The zero-order chi connectivity index (χ0) is 15.7. The van der Waals surface area contributed by atoms with Crippen LogP contribution in [0.5, 0.6) is 5.75 Å².